The van der Waals surface area contributed by atoms with Crippen molar-refractivity contribution in [1.82, 2.24) is 0 Å². The summed E-state index contributed by atoms with van der Waals surface area (Å²) in [5.41, 5.74) is 8.39. The number of nitrogens with one attached hydrogen (secondary N) is 1. The molecule has 0 atom stereocenters. The monoisotopic (exact) mass is 467 g/mol. The Kier molecular flexibility index (Phi) is 6.75. The number of nitrogens with two attached hydrogens (primary N) is 1. The molecule has 0 bridgehead atoms. The Labute approximate surface area is 172 Å². The van der Waals surface area contributed by atoms with Gasteiger partial charge in [-0.2, -0.15) is 0 Å². The van der Waals surface area contributed by atoms with Crippen molar-refractivity contribution >= 4 is 35.6 Å². The molecule has 3 rings (SSSR count). The molecule has 1 fully saturated rings. The summed E-state index contributed by atoms with van der Waals surface area (Å²) in [6.45, 7) is 2.28. The Balaban J connectivity index is 0.00000243. The number of benzene rings is 2. The van der Waals surface area contributed by atoms with E-state index < -0.39 is 0 Å². The highest BCUT2D eigenvalue weighted by atomic mass is 127. The van der Waals surface area contributed by atoms with Gasteiger partial charge in [0, 0.05) is 6.07 Å². The van der Waals surface area contributed by atoms with Gasteiger partial charge >= 0.3 is 0 Å². The van der Waals surface area contributed by atoms with Crippen molar-refractivity contribution in [2.24, 2.45) is 10.7 Å². The number of nitrogens with zero attached hydrogens (tertiary/aromatic N) is 1. The molecule has 26 heavy (non-hydrogen) atoms. The quantitative estimate of drug-likeness (QED) is 0.394. The molecule has 2 aromatic carbocycles. The third-order valence-corrected chi connectivity index (χ3v) is 4.83. The highest BCUT2D eigenvalue weighted by Crippen LogP contribution is 2.45. The van der Waals surface area contributed by atoms with Crippen molar-refractivity contribution in [2.75, 3.05) is 19.5 Å². The second-order valence-electron chi connectivity index (χ2n) is 6.69. The largest absolute Gasteiger partial charge is 0.497 e. The van der Waals surface area contributed by atoms with E-state index in [1.165, 1.54) is 5.56 Å². The summed E-state index contributed by atoms with van der Waals surface area (Å²) in [5, 5.41) is 3.13. The Morgan fingerprint density at radius 1 is 1.12 bits per heavy atom. The van der Waals surface area contributed by atoms with E-state index in [0.717, 1.165) is 24.3 Å². The van der Waals surface area contributed by atoms with E-state index in [1.54, 1.807) is 14.2 Å². The second-order valence-corrected chi connectivity index (χ2v) is 6.69. The maximum absolute atomic E-state index is 6.10. The lowest BCUT2D eigenvalue weighted by molar-refractivity contribution is 0.229. The summed E-state index contributed by atoms with van der Waals surface area (Å²) >= 11 is 0. The summed E-state index contributed by atoms with van der Waals surface area (Å²) in [6, 6.07) is 16.3. The Morgan fingerprint density at radius 3 is 2.42 bits per heavy atom. The Hall–Kier alpha value is -1.96. The topological polar surface area (TPSA) is 68.9 Å². The summed E-state index contributed by atoms with van der Waals surface area (Å²) in [6.07, 6.45) is 1.99. The first kappa shape index (κ1) is 20.4. The lowest BCUT2D eigenvalue weighted by Gasteiger charge is -2.44. The molecule has 1 aliphatic rings. The molecule has 0 radical (unpaired) electrons. The number of halogens is 1. The van der Waals surface area contributed by atoms with Crippen LogP contribution in [0.2, 0.25) is 0 Å². The summed E-state index contributed by atoms with van der Waals surface area (Å²) in [4.78, 5) is 4.62. The molecule has 0 amide bonds. The van der Waals surface area contributed by atoms with Gasteiger partial charge < -0.3 is 20.5 Å². The van der Waals surface area contributed by atoms with Gasteiger partial charge in [0.25, 0.3) is 0 Å². The van der Waals surface area contributed by atoms with E-state index in [2.05, 4.69) is 41.5 Å². The lowest BCUT2D eigenvalue weighted by Crippen LogP contribution is -2.42. The molecule has 5 nitrogen and oxygen atoms in total. The van der Waals surface area contributed by atoms with Gasteiger partial charge in [0.05, 0.1) is 25.9 Å². The number of methoxy groups -OCH3 is 2. The summed E-state index contributed by atoms with van der Waals surface area (Å²) < 4.78 is 10.6. The molecule has 2 aromatic rings. The standard InChI is InChI=1S/C20H25N3O2.HI/c1-20(14-7-5-4-6-8-14)12-15(13-20)22-19(21)23-17-11-16(24-2)9-10-18(17)25-3;/h4-11,15H,12-13H2,1-3H3,(H3,21,22,23);1H. The number of aliphatic imine (C=N–C) groups is 1. The summed E-state index contributed by atoms with van der Waals surface area (Å²) in [7, 11) is 3.25. The highest BCUT2D eigenvalue weighted by molar-refractivity contribution is 14.0. The maximum atomic E-state index is 6.10. The fraction of sp³-hybridized carbons (Fsp3) is 0.350. The SMILES string of the molecule is COc1ccc(OC)c(NC(N)=NC2CC(C)(c3ccccc3)C2)c1.I. The van der Waals surface area contributed by atoms with Crippen molar-refractivity contribution in [1.29, 1.82) is 0 Å². The molecule has 6 heteroatoms. The highest BCUT2D eigenvalue weighted by Gasteiger charge is 2.41. The van der Waals surface area contributed by atoms with Gasteiger partial charge in [0.1, 0.15) is 11.5 Å². The van der Waals surface area contributed by atoms with E-state index in [9.17, 15) is 0 Å². The number of hydrogen-bond acceptors (Lipinski definition) is 3. The van der Waals surface area contributed by atoms with E-state index >= 15 is 0 Å². The number of guanidine groups is 1. The number of ether oxygens (including phenoxy) is 2. The van der Waals surface area contributed by atoms with Gasteiger partial charge in [0.2, 0.25) is 0 Å². The van der Waals surface area contributed by atoms with E-state index in [1.807, 2.05) is 24.3 Å². The molecule has 0 aliphatic heterocycles. The second kappa shape index (κ2) is 8.62. The number of anilines is 1. The van der Waals surface area contributed by atoms with Crippen LogP contribution < -0.4 is 20.5 Å². The van der Waals surface area contributed by atoms with Crippen LogP contribution in [0.3, 0.4) is 0 Å². The van der Waals surface area contributed by atoms with Crippen LogP contribution in [0.1, 0.15) is 25.3 Å². The fourth-order valence-electron chi connectivity index (χ4n) is 3.43. The first-order valence-electron chi connectivity index (χ1n) is 8.42. The van der Waals surface area contributed by atoms with Gasteiger partial charge in [-0.1, -0.05) is 37.3 Å². The predicted molar refractivity (Wildman–Crippen MR) is 117 cm³/mol. The van der Waals surface area contributed by atoms with Crippen LogP contribution >= 0.6 is 24.0 Å². The normalized spacial score (nSPS) is 22.0. The zero-order chi connectivity index (χ0) is 17.9. The van der Waals surface area contributed by atoms with E-state index in [0.29, 0.717) is 11.7 Å². The molecule has 140 valence electrons. The van der Waals surface area contributed by atoms with Crippen molar-refractivity contribution in [3.63, 3.8) is 0 Å². The molecular weight excluding hydrogens is 441 g/mol. The van der Waals surface area contributed by atoms with Crippen LogP contribution in [0.4, 0.5) is 5.69 Å². The zero-order valence-corrected chi connectivity index (χ0v) is 17.7. The first-order valence-corrected chi connectivity index (χ1v) is 8.42. The summed E-state index contributed by atoms with van der Waals surface area (Å²) in [5.74, 6) is 1.82. The van der Waals surface area contributed by atoms with Crippen LogP contribution in [0.5, 0.6) is 11.5 Å². The average Bonchev–Trinajstić information content (AvgIpc) is 2.60. The lowest BCUT2D eigenvalue weighted by atomic mass is 9.63. The van der Waals surface area contributed by atoms with E-state index in [-0.39, 0.29) is 35.4 Å². The van der Waals surface area contributed by atoms with Crippen LogP contribution in [0.25, 0.3) is 0 Å². The third kappa shape index (κ3) is 4.41. The Bertz CT molecular complexity index is 759. The molecule has 0 saturated heterocycles. The number of hydrogen-bond donors (Lipinski definition) is 2. The predicted octanol–water partition coefficient (Wildman–Crippen LogP) is 4.17. The minimum absolute atomic E-state index is 0. The molecule has 0 aromatic heterocycles. The third-order valence-electron chi connectivity index (χ3n) is 4.83. The van der Waals surface area contributed by atoms with Crippen molar-refractivity contribution in [3.05, 3.63) is 54.1 Å². The van der Waals surface area contributed by atoms with E-state index in [4.69, 9.17) is 15.2 Å². The smallest absolute Gasteiger partial charge is 0.193 e. The van der Waals surface area contributed by atoms with Gasteiger partial charge in [-0.3, -0.25) is 0 Å². The molecule has 0 unspecified atom stereocenters. The van der Waals surface area contributed by atoms with Crippen molar-refractivity contribution < 1.29 is 9.47 Å². The van der Waals surface area contributed by atoms with Crippen LogP contribution in [0, 0.1) is 0 Å². The van der Waals surface area contributed by atoms with Crippen LogP contribution in [-0.2, 0) is 5.41 Å². The van der Waals surface area contributed by atoms with Crippen LogP contribution in [0.15, 0.2) is 53.5 Å². The molecule has 3 N–H and O–H groups in total. The van der Waals surface area contributed by atoms with Gasteiger partial charge in [0.15, 0.2) is 5.96 Å². The average molecular weight is 467 g/mol. The van der Waals surface area contributed by atoms with Crippen LogP contribution in [-0.4, -0.2) is 26.2 Å². The van der Waals surface area contributed by atoms with Gasteiger partial charge in [-0.05, 0) is 36.0 Å². The molecule has 1 aliphatic carbocycles. The van der Waals surface area contributed by atoms with Crippen molar-refractivity contribution in [3.8, 4) is 11.5 Å². The number of rotatable bonds is 5. The molecular formula is C20H26IN3O2. The first-order chi connectivity index (χ1) is 12.0. The molecule has 1 saturated carbocycles. The van der Waals surface area contributed by atoms with Gasteiger partial charge in [-0.25, -0.2) is 4.99 Å². The Morgan fingerprint density at radius 2 is 1.81 bits per heavy atom. The minimum Gasteiger partial charge on any atom is -0.497 e. The zero-order valence-electron chi connectivity index (χ0n) is 15.4. The molecule has 0 heterocycles. The maximum Gasteiger partial charge on any atom is 0.193 e. The fourth-order valence-corrected chi connectivity index (χ4v) is 3.43. The van der Waals surface area contributed by atoms with Crippen molar-refractivity contribution in [2.45, 2.75) is 31.2 Å². The molecule has 0 spiro atoms. The minimum atomic E-state index is 0. The van der Waals surface area contributed by atoms with Gasteiger partial charge in [-0.15, -0.1) is 24.0 Å².